The van der Waals surface area contributed by atoms with Gasteiger partial charge in [0, 0.05) is 12.8 Å². The lowest BCUT2D eigenvalue weighted by molar-refractivity contribution is -0.147. The van der Waals surface area contributed by atoms with Crippen LogP contribution in [-0.4, -0.2) is 64.9 Å². The minimum Gasteiger partial charge on any atom is -0.480 e. The van der Waals surface area contributed by atoms with Gasteiger partial charge in [-0.05, 0) is 64.2 Å². The van der Waals surface area contributed by atoms with Crippen molar-refractivity contribution in [3.63, 3.8) is 0 Å². The maximum Gasteiger partial charge on any atom is 0.472 e. The van der Waals surface area contributed by atoms with E-state index in [9.17, 15) is 34.1 Å². The van der Waals surface area contributed by atoms with Crippen molar-refractivity contribution in [2.75, 3.05) is 19.8 Å². The van der Waals surface area contributed by atoms with Crippen molar-refractivity contribution in [1.82, 2.24) is 5.32 Å². The molecule has 0 saturated heterocycles. The molecule has 0 aromatic rings. The average molecular weight is 864 g/mol. The standard InChI is InChI=1S/C48H82NO10P/c1-3-5-7-9-11-13-15-17-19-20-21-22-23-24-26-28-30-32-34-36-38-40-47(52)57-41-44(50)42-58-60(55,56)59-43-45(48(53)54)49-46(51)39-37-35-33-31-29-27-25-18-16-14-12-10-8-6-4-2/h5,7,11,13,17,19,21-22,24,26,30,32,44-45,50H,3-4,6,8-10,12,14-16,18,20,23,25,27-29,31,33-43H2,1-2H3,(H,49,51)(H,53,54)(H,55,56)/b7-5-,13-11-,19-17-,22-21-,26-24-,32-30-. The Morgan fingerprint density at radius 3 is 1.43 bits per heavy atom. The summed E-state index contributed by atoms with van der Waals surface area (Å²) in [6, 6.07) is -1.55. The Morgan fingerprint density at radius 1 is 0.550 bits per heavy atom. The Hall–Kier alpha value is -3.08. The molecule has 11 nitrogen and oxygen atoms in total. The first-order valence-electron chi connectivity index (χ1n) is 23.0. The molecule has 3 unspecified atom stereocenters. The van der Waals surface area contributed by atoms with E-state index in [4.69, 9.17) is 13.8 Å². The number of hydrogen-bond donors (Lipinski definition) is 4. The van der Waals surface area contributed by atoms with E-state index >= 15 is 0 Å². The fourth-order valence-electron chi connectivity index (χ4n) is 5.96. The Bertz CT molecular complexity index is 1290. The van der Waals surface area contributed by atoms with Gasteiger partial charge in [-0.15, -0.1) is 0 Å². The number of nitrogens with one attached hydrogen (secondary N) is 1. The smallest absolute Gasteiger partial charge is 0.472 e. The molecule has 3 atom stereocenters. The van der Waals surface area contributed by atoms with Gasteiger partial charge in [-0.3, -0.25) is 18.6 Å². The number of ether oxygens (including phenoxy) is 1. The fraction of sp³-hybridized carbons (Fsp3) is 0.688. The highest BCUT2D eigenvalue weighted by molar-refractivity contribution is 7.47. The number of aliphatic hydroxyl groups excluding tert-OH is 1. The predicted molar refractivity (Wildman–Crippen MR) is 244 cm³/mol. The fourth-order valence-corrected chi connectivity index (χ4v) is 6.74. The Balaban J connectivity index is 3.96. The van der Waals surface area contributed by atoms with Crippen molar-refractivity contribution in [3.8, 4) is 0 Å². The summed E-state index contributed by atoms with van der Waals surface area (Å²) in [6.45, 7) is 2.43. The zero-order chi connectivity index (χ0) is 44.2. The van der Waals surface area contributed by atoms with Crippen LogP contribution in [0.5, 0.6) is 0 Å². The first kappa shape index (κ1) is 56.9. The van der Waals surface area contributed by atoms with Crippen LogP contribution in [0.4, 0.5) is 0 Å². The lowest BCUT2D eigenvalue weighted by Gasteiger charge is -2.18. The van der Waals surface area contributed by atoms with E-state index < -0.39 is 57.6 Å². The van der Waals surface area contributed by atoms with E-state index in [0.717, 1.165) is 70.6 Å². The number of carbonyl (C=O) groups excluding carboxylic acids is 2. The topological polar surface area (TPSA) is 169 Å². The van der Waals surface area contributed by atoms with Crippen molar-refractivity contribution in [2.45, 2.75) is 193 Å². The van der Waals surface area contributed by atoms with Gasteiger partial charge in [0.25, 0.3) is 0 Å². The number of unbranched alkanes of at least 4 members (excludes halogenated alkanes) is 16. The number of rotatable bonds is 42. The number of carbonyl (C=O) groups is 3. The van der Waals surface area contributed by atoms with E-state index in [1.807, 2.05) is 0 Å². The third-order valence-corrected chi connectivity index (χ3v) is 10.5. The first-order valence-corrected chi connectivity index (χ1v) is 24.5. The van der Waals surface area contributed by atoms with Crippen molar-refractivity contribution in [1.29, 1.82) is 0 Å². The molecular formula is C48H82NO10P. The normalized spacial score (nSPS) is 14.3. The molecule has 0 aliphatic carbocycles. The zero-order valence-electron chi connectivity index (χ0n) is 37.2. The average Bonchev–Trinajstić information content (AvgIpc) is 3.22. The maximum absolute atomic E-state index is 12.3. The van der Waals surface area contributed by atoms with Crippen LogP contribution in [0.1, 0.15) is 181 Å². The van der Waals surface area contributed by atoms with Crippen molar-refractivity contribution >= 4 is 25.7 Å². The molecule has 0 aliphatic heterocycles. The summed E-state index contributed by atoms with van der Waals surface area (Å²) in [5.41, 5.74) is 0. The summed E-state index contributed by atoms with van der Waals surface area (Å²) in [5, 5.41) is 21.8. The van der Waals surface area contributed by atoms with E-state index in [0.29, 0.717) is 12.8 Å². The van der Waals surface area contributed by atoms with Gasteiger partial charge in [0.1, 0.15) is 12.7 Å². The van der Waals surface area contributed by atoms with Crippen molar-refractivity contribution < 1.29 is 47.8 Å². The number of esters is 1. The second kappa shape index (κ2) is 42.6. The predicted octanol–water partition coefficient (Wildman–Crippen LogP) is 12.1. The molecule has 0 spiro atoms. The molecule has 0 bridgehead atoms. The Morgan fingerprint density at radius 2 is 0.967 bits per heavy atom. The van der Waals surface area contributed by atoms with Gasteiger partial charge in [0.05, 0.1) is 13.2 Å². The first-order chi connectivity index (χ1) is 29.1. The molecule has 12 heteroatoms. The van der Waals surface area contributed by atoms with E-state index in [1.54, 1.807) is 0 Å². The molecule has 60 heavy (non-hydrogen) atoms. The van der Waals surface area contributed by atoms with Crippen LogP contribution >= 0.6 is 7.82 Å². The van der Waals surface area contributed by atoms with Crippen molar-refractivity contribution in [2.24, 2.45) is 0 Å². The lowest BCUT2D eigenvalue weighted by Crippen LogP contribution is -2.43. The number of carboxylic acid groups (broad SMARTS) is 1. The Kier molecular flexibility index (Phi) is 40.4. The number of hydrogen-bond acceptors (Lipinski definition) is 8. The number of aliphatic hydroxyl groups is 1. The lowest BCUT2D eigenvalue weighted by atomic mass is 10.0. The zero-order valence-corrected chi connectivity index (χ0v) is 38.1. The summed E-state index contributed by atoms with van der Waals surface area (Å²) in [7, 11) is -4.77. The van der Waals surface area contributed by atoms with Crippen LogP contribution in [0.25, 0.3) is 0 Å². The highest BCUT2D eigenvalue weighted by atomic mass is 31.2. The second-order valence-corrected chi connectivity index (χ2v) is 16.7. The number of carboxylic acids is 1. The van der Waals surface area contributed by atoms with Gasteiger partial charge in [-0.1, -0.05) is 177 Å². The number of amides is 1. The molecule has 0 rings (SSSR count). The van der Waals surface area contributed by atoms with Crippen LogP contribution in [0.15, 0.2) is 72.9 Å². The van der Waals surface area contributed by atoms with Gasteiger partial charge in [-0.25, -0.2) is 9.36 Å². The van der Waals surface area contributed by atoms with Gasteiger partial charge in [-0.2, -0.15) is 0 Å². The molecule has 0 aromatic carbocycles. The Labute approximate surface area is 363 Å². The van der Waals surface area contributed by atoms with Crippen LogP contribution < -0.4 is 5.32 Å². The molecule has 1 amide bonds. The monoisotopic (exact) mass is 864 g/mol. The third-order valence-electron chi connectivity index (χ3n) is 9.51. The van der Waals surface area contributed by atoms with Crippen LogP contribution in [0.3, 0.4) is 0 Å². The van der Waals surface area contributed by atoms with Gasteiger partial charge in [0.2, 0.25) is 5.91 Å². The molecule has 0 aromatic heterocycles. The molecule has 0 radical (unpaired) electrons. The maximum atomic E-state index is 12.3. The summed E-state index contributed by atoms with van der Waals surface area (Å²) in [5.74, 6) is -2.42. The number of aliphatic carboxylic acids is 1. The molecule has 0 saturated carbocycles. The SMILES string of the molecule is CC/C=C\C/C=C\C/C=C\C/C=C\C/C=C\C/C=C\CCCCC(=O)OCC(O)COP(=O)(O)OCC(NC(=O)CCCCCCCCCCCCCCCCC)C(=O)O. The summed E-state index contributed by atoms with van der Waals surface area (Å²) in [4.78, 5) is 45.9. The van der Waals surface area contributed by atoms with E-state index in [-0.39, 0.29) is 12.8 Å². The highest BCUT2D eigenvalue weighted by Crippen LogP contribution is 2.43. The van der Waals surface area contributed by atoms with Crippen molar-refractivity contribution in [3.05, 3.63) is 72.9 Å². The van der Waals surface area contributed by atoms with Gasteiger partial charge >= 0.3 is 19.8 Å². The molecule has 0 aliphatic rings. The number of phosphoric acid groups is 1. The molecule has 0 heterocycles. The molecule has 0 fully saturated rings. The highest BCUT2D eigenvalue weighted by Gasteiger charge is 2.28. The summed E-state index contributed by atoms with van der Waals surface area (Å²) in [6.07, 6.45) is 50.7. The van der Waals surface area contributed by atoms with Gasteiger partial charge in [0.15, 0.2) is 6.04 Å². The van der Waals surface area contributed by atoms with Crippen LogP contribution in [-0.2, 0) is 32.7 Å². The minimum absolute atomic E-state index is 0.143. The molecule has 344 valence electrons. The number of phosphoric ester groups is 1. The molecular weight excluding hydrogens is 781 g/mol. The van der Waals surface area contributed by atoms with E-state index in [1.165, 1.54) is 70.6 Å². The second-order valence-electron chi connectivity index (χ2n) is 15.2. The largest absolute Gasteiger partial charge is 0.480 e. The quantitative estimate of drug-likeness (QED) is 0.0201. The molecule has 4 N–H and O–H groups in total. The van der Waals surface area contributed by atoms with Crippen LogP contribution in [0.2, 0.25) is 0 Å². The number of allylic oxidation sites excluding steroid dienone is 12. The summed E-state index contributed by atoms with van der Waals surface area (Å²) < 4.78 is 26.8. The van der Waals surface area contributed by atoms with E-state index in [2.05, 4.69) is 92.1 Å². The minimum atomic E-state index is -4.77. The summed E-state index contributed by atoms with van der Waals surface area (Å²) >= 11 is 0. The van der Waals surface area contributed by atoms with Crippen LogP contribution in [0, 0.1) is 0 Å². The van der Waals surface area contributed by atoms with Gasteiger partial charge < -0.3 is 25.2 Å². The third kappa shape index (κ3) is 41.6.